The monoisotopic (exact) mass is 269 g/mol. The lowest BCUT2D eigenvalue weighted by atomic mass is 10.0. The van der Waals surface area contributed by atoms with Crippen molar-refractivity contribution in [2.75, 3.05) is 19.0 Å². The maximum absolute atomic E-state index is 11.4. The van der Waals surface area contributed by atoms with E-state index in [1.807, 2.05) is 38.1 Å². The summed E-state index contributed by atoms with van der Waals surface area (Å²) in [5.41, 5.74) is 3.06. The molecule has 0 aliphatic rings. The summed E-state index contributed by atoms with van der Waals surface area (Å²) >= 11 is 0. The third-order valence-electron chi connectivity index (χ3n) is 2.56. The van der Waals surface area contributed by atoms with Crippen LogP contribution < -0.4 is 5.32 Å². The van der Waals surface area contributed by atoms with Crippen LogP contribution in [0.25, 0.3) is 0 Å². The Hall–Kier alpha value is -1.48. The zero-order valence-corrected chi connectivity index (χ0v) is 11.8. The van der Waals surface area contributed by atoms with Gasteiger partial charge in [0.05, 0.1) is 13.0 Å². The highest BCUT2D eigenvalue weighted by Crippen LogP contribution is 2.19. The molecule has 0 aliphatic heterocycles. The van der Waals surface area contributed by atoms with E-state index < -0.39 is 0 Å². The van der Waals surface area contributed by atoms with E-state index in [0.29, 0.717) is 0 Å². The van der Waals surface area contributed by atoms with E-state index in [-0.39, 0.29) is 24.3 Å². The largest absolute Gasteiger partial charge is 0.469 e. The topological polar surface area (TPSA) is 38.3 Å². The van der Waals surface area contributed by atoms with Crippen molar-refractivity contribution in [3.05, 3.63) is 42.0 Å². The number of halogens is 1. The van der Waals surface area contributed by atoms with Crippen LogP contribution in [-0.2, 0) is 9.53 Å². The molecule has 0 fully saturated rings. The Morgan fingerprint density at radius 3 is 2.39 bits per heavy atom. The van der Waals surface area contributed by atoms with Crippen molar-refractivity contribution in [2.24, 2.45) is 0 Å². The average molecular weight is 270 g/mol. The van der Waals surface area contributed by atoms with Crippen molar-refractivity contribution in [2.45, 2.75) is 19.8 Å². The Morgan fingerprint density at radius 1 is 1.39 bits per heavy atom. The molecule has 3 nitrogen and oxygen atoms in total. The van der Waals surface area contributed by atoms with Gasteiger partial charge in [0, 0.05) is 12.2 Å². The molecular formula is C14H20ClNO2. The molecule has 100 valence electrons. The molecule has 0 heterocycles. The number of methoxy groups -OCH3 is 1. The van der Waals surface area contributed by atoms with Gasteiger partial charge in [-0.05, 0) is 31.5 Å². The van der Waals surface area contributed by atoms with E-state index in [4.69, 9.17) is 4.74 Å². The lowest BCUT2D eigenvalue weighted by Crippen LogP contribution is -2.10. The molecule has 0 aliphatic carbocycles. The highest BCUT2D eigenvalue weighted by atomic mass is 35.5. The number of esters is 1. The molecular weight excluding hydrogens is 250 g/mol. The number of hydrogen-bond donors (Lipinski definition) is 1. The van der Waals surface area contributed by atoms with Crippen LogP contribution >= 0.6 is 12.4 Å². The highest BCUT2D eigenvalue weighted by Gasteiger charge is 2.14. The third-order valence-corrected chi connectivity index (χ3v) is 2.56. The van der Waals surface area contributed by atoms with Gasteiger partial charge >= 0.3 is 5.97 Å². The highest BCUT2D eigenvalue weighted by molar-refractivity contribution is 5.85. The first kappa shape index (κ1) is 16.5. The minimum absolute atomic E-state index is 0. The van der Waals surface area contributed by atoms with E-state index in [0.717, 1.165) is 23.4 Å². The molecule has 1 rings (SSSR count). The van der Waals surface area contributed by atoms with Gasteiger partial charge in [-0.25, -0.2) is 0 Å². The molecule has 1 aromatic carbocycles. The number of rotatable bonds is 5. The van der Waals surface area contributed by atoms with Gasteiger partial charge in [0.2, 0.25) is 0 Å². The minimum Gasteiger partial charge on any atom is -0.469 e. The number of nitrogens with one attached hydrogen (secondary N) is 1. The molecule has 0 amide bonds. The molecule has 1 N–H and O–H groups in total. The maximum Gasteiger partial charge on any atom is 0.312 e. The van der Waals surface area contributed by atoms with Crippen molar-refractivity contribution in [3.63, 3.8) is 0 Å². The molecule has 0 spiro atoms. The van der Waals surface area contributed by atoms with Crippen LogP contribution in [0.15, 0.2) is 36.4 Å². The second-order valence-electron chi connectivity index (χ2n) is 4.18. The van der Waals surface area contributed by atoms with Gasteiger partial charge in [0.15, 0.2) is 0 Å². The van der Waals surface area contributed by atoms with Crippen molar-refractivity contribution >= 4 is 24.1 Å². The summed E-state index contributed by atoms with van der Waals surface area (Å²) in [5, 5.41) is 3.24. The maximum atomic E-state index is 11.4. The predicted octanol–water partition coefficient (Wildman–Crippen LogP) is 3.37. The van der Waals surface area contributed by atoms with Gasteiger partial charge in [-0.2, -0.15) is 0 Å². The first-order valence-corrected chi connectivity index (χ1v) is 5.60. The molecule has 0 saturated heterocycles. The summed E-state index contributed by atoms with van der Waals surface area (Å²) in [7, 11) is 1.40. The molecule has 0 saturated carbocycles. The standard InChI is InChI=1S/C14H19NO2.ClH/c1-10(2)9-15-13-7-5-12(6-8-13)11(3)14(16)17-4;/h5-8,11,15H,1,9H2,2-4H3;1H. The van der Waals surface area contributed by atoms with Gasteiger partial charge in [-0.1, -0.05) is 24.3 Å². The molecule has 1 atom stereocenters. The van der Waals surface area contributed by atoms with Gasteiger partial charge in [0.1, 0.15) is 0 Å². The van der Waals surface area contributed by atoms with Crippen LogP contribution in [0.1, 0.15) is 25.3 Å². The molecule has 0 bridgehead atoms. The Morgan fingerprint density at radius 2 is 1.94 bits per heavy atom. The molecule has 4 heteroatoms. The lowest BCUT2D eigenvalue weighted by molar-refractivity contribution is -0.141. The fraction of sp³-hybridized carbons (Fsp3) is 0.357. The molecule has 1 aromatic rings. The summed E-state index contributed by atoms with van der Waals surface area (Å²) in [6, 6.07) is 7.78. The Kier molecular flexibility index (Phi) is 7.13. The Labute approximate surface area is 115 Å². The Balaban J connectivity index is 0.00000289. The summed E-state index contributed by atoms with van der Waals surface area (Å²) < 4.78 is 4.71. The van der Waals surface area contributed by atoms with Crippen molar-refractivity contribution in [1.82, 2.24) is 0 Å². The van der Waals surface area contributed by atoms with Crippen LogP contribution in [0.3, 0.4) is 0 Å². The SMILES string of the molecule is C=C(C)CNc1ccc(C(C)C(=O)OC)cc1.Cl. The van der Waals surface area contributed by atoms with E-state index in [1.165, 1.54) is 7.11 Å². The van der Waals surface area contributed by atoms with E-state index in [9.17, 15) is 4.79 Å². The lowest BCUT2D eigenvalue weighted by Gasteiger charge is -2.11. The molecule has 1 unspecified atom stereocenters. The zero-order valence-electron chi connectivity index (χ0n) is 11.0. The van der Waals surface area contributed by atoms with Gasteiger partial charge in [-0.3, -0.25) is 4.79 Å². The smallest absolute Gasteiger partial charge is 0.312 e. The molecule has 18 heavy (non-hydrogen) atoms. The number of ether oxygens (including phenoxy) is 1. The van der Waals surface area contributed by atoms with Crippen LogP contribution in [-0.4, -0.2) is 19.6 Å². The van der Waals surface area contributed by atoms with E-state index in [2.05, 4.69) is 11.9 Å². The number of carbonyl (C=O) groups is 1. The van der Waals surface area contributed by atoms with Gasteiger partial charge in [-0.15, -0.1) is 12.4 Å². The van der Waals surface area contributed by atoms with E-state index in [1.54, 1.807) is 0 Å². The fourth-order valence-electron chi connectivity index (χ4n) is 1.46. The summed E-state index contributed by atoms with van der Waals surface area (Å²) in [4.78, 5) is 11.4. The zero-order chi connectivity index (χ0) is 12.8. The van der Waals surface area contributed by atoms with Gasteiger partial charge < -0.3 is 10.1 Å². The molecule has 0 aromatic heterocycles. The number of benzene rings is 1. The van der Waals surface area contributed by atoms with Crippen molar-refractivity contribution in [1.29, 1.82) is 0 Å². The van der Waals surface area contributed by atoms with Crippen LogP contribution in [0.2, 0.25) is 0 Å². The second-order valence-corrected chi connectivity index (χ2v) is 4.18. The quantitative estimate of drug-likeness (QED) is 0.658. The van der Waals surface area contributed by atoms with Crippen molar-refractivity contribution in [3.8, 4) is 0 Å². The van der Waals surface area contributed by atoms with Crippen LogP contribution in [0, 0.1) is 0 Å². The number of hydrogen-bond acceptors (Lipinski definition) is 3. The predicted molar refractivity (Wildman–Crippen MR) is 77.4 cm³/mol. The summed E-state index contributed by atoms with van der Waals surface area (Å²) in [6.07, 6.45) is 0. The first-order valence-electron chi connectivity index (χ1n) is 5.60. The molecule has 0 radical (unpaired) electrons. The van der Waals surface area contributed by atoms with Crippen LogP contribution in [0.5, 0.6) is 0 Å². The number of carbonyl (C=O) groups excluding carboxylic acids is 1. The van der Waals surface area contributed by atoms with Gasteiger partial charge in [0.25, 0.3) is 0 Å². The summed E-state index contributed by atoms with van der Waals surface area (Å²) in [5.74, 6) is -0.442. The average Bonchev–Trinajstić information content (AvgIpc) is 2.35. The van der Waals surface area contributed by atoms with E-state index >= 15 is 0 Å². The summed E-state index contributed by atoms with van der Waals surface area (Å²) in [6.45, 7) is 8.39. The minimum atomic E-state index is -0.227. The normalized spacial score (nSPS) is 11.1. The van der Waals surface area contributed by atoms with Crippen LogP contribution in [0.4, 0.5) is 5.69 Å². The third kappa shape index (κ3) is 4.80. The Bertz CT molecular complexity index is 401. The first-order chi connectivity index (χ1) is 8.04. The fourth-order valence-corrected chi connectivity index (χ4v) is 1.46. The number of anilines is 1. The van der Waals surface area contributed by atoms with Crippen molar-refractivity contribution < 1.29 is 9.53 Å². The second kappa shape index (κ2) is 7.77.